The van der Waals surface area contributed by atoms with E-state index < -0.39 is 18.5 Å². The van der Waals surface area contributed by atoms with Crippen molar-refractivity contribution in [3.63, 3.8) is 0 Å². The Labute approximate surface area is 146 Å². The largest absolute Gasteiger partial charge is 0.397 e. The smallest absolute Gasteiger partial charge is 0.345 e. The Hall–Kier alpha value is -2.71. The van der Waals surface area contributed by atoms with Gasteiger partial charge in [-0.25, -0.2) is 0 Å². The van der Waals surface area contributed by atoms with Gasteiger partial charge in [-0.2, -0.15) is 13.2 Å². The van der Waals surface area contributed by atoms with Crippen molar-refractivity contribution in [3.05, 3.63) is 30.2 Å². The molecule has 1 fully saturated rings. The molecule has 1 N–H and O–H groups in total. The van der Waals surface area contributed by atoms with E-state index in [2.05, 4.69) is 20.2 Å². The summed E-state index contributed by atoms with van der Waals surface area (Å²) >= 11 is 0. The van der Waals surface area contributed by atoms with Crippen molar-refractivity contribution in [2.45, 2.75) is 31.4 Å². The third-order valence-electron chi connectivity index (χ3n) is 4.72. The first kappa shape index (κ1) is 16.7. The summed E-state index contributed by atoms with van der Waals surface area (Å²) in [6.45, 7) is 0.574. The van der Waals surface area contributed by atoms with Crippen molar-refractivity contribution >= 4 is 27.8 Å². The van der Waals surface area contributed by atoms with Gasteiger partial charge < -0.3 is 9.88 Å². The number of piperidine rings is 1. The first-order valence-electron chi connectivity index (χ1n) is 8.35. The SMILES string of the molecule is O=C(CC(F)(F)F)N1CCCC(c2nccc3nnc4[nH]ccc4c23)C1. The molecule has 1 aliphatic rings. The third-order valence-corrected chi connectivity index (χ3v) is 4.72. The van der Waals surface area contributed by atoms with Crippen LogP contribution in [-0.2, 0) is 4.79 Å². The van der Waals surface area contributed by atoms with Gasteiger partial charge in [0.25, 0.3) is 0 Å². The molecule has 0 spiro atoms. The highest BCUT2D eigenvalue weighted by Crippen LogP contribution is 2.33. The molecule has 26 heavy (non-hydrogen) atoms. The van der Waals surface area contributed by atoms with Crippen molar-refractivity contribution in [2.24, 2.45) is 0 Å². The van der Waals surface area contributed by atoms with E-state index in [4.69, 9.17) is 0 Å². The second-order valence-electron chi connectivity index (χ2n) is 6.50. The number of halogens is 3. The number of H-pyrrole nitrogens is 1. The molecule has 0 saturated carbocycles. The predicted octanol–water partition coefficient (Wildman–Crippen LogP) is 3.16. The van der Waals surface area contributed by atoms with Gasteiger partial charge in [-0.1, -0.05) is 0 Å². The fraction of sp³-hybridized carbons (Fsp3) is 0.412. The van der Waals surface area contributed by atoms with Gasteiger partial charge in [0.05, 0.1) is 11.2 Å². The highest BCUT2D eigenvalue weighted by Gasteiger charge is 2.35. The maximum Gasteiger partial charge on any atom is 0.397 e. The molecular formula is C17H16F3N5O. The molecular weight excluding hydrogens is 347 g/mol. The quantitative estimate of drug-likeness (QED) is 0.759. The van der Waals surface area contributed by atoms with Gasteiger partial charge in [-0.3, -0.25) is 9.78 Å². The molecule has 3 aromatic rings. The summed E-state index contributed by atoms with van der Waals surface area (Å²) in [4.78, 5) is 20.8. The van der Waals surface area contributed by atoms with E-state index in [0.29, 0.717) is 24.1 Å². The molecule has 0 aliphatic carbocycles. The van der Waals surface area contributed by atoms with Gasteiger partial charge in [0, 0.05) is 42.2 Å². The lowest BCUT2D eigenvalue weighted by molar-refractivity contribution is -0.162. The summed E-state index contributed by atoms with van der Waals surface area (Å²) < 4.78 is 37.6. The maximum atomic E-state index is 12.5. The molecule has 136 valence electrons. The third kappa shape index (κ3) is 3.09. The van der Waals surface area contributed by atoms with Crippen molar-refractivity contribution in [3.8, 4) is 0 Å². The Balaban J connectivity index is 1.69. The summed E-state index contributed by atoms with van der Waals surface area (Å²) in [6, 6.07) is 3.64. The minimum absolute atomic E-state index is 0.132. The molecule has 0 radical (unpaired) electrons. The number of hydrogen-bond donors (Lipinski definition) is 1. The summed E-state index contributed by atoms with van der Waals surface area (Å²) in [7, 11) is 0. The summed E-state index contributed by atoms with van der Waals surface area (Å²) in [5.74, 6) is -1.01. The molecule has 9 heteroatoms. The van der Waals surface area contributed by atoms with Gasteiger partial charge in [0.1, 0.15) is 6.42 Å². The van der Waals surface area contributed by atoms with Crippen molar-refractivity contribution in [2.75, 3.05) is 13.1 Å². The molecule has 0 bridgehead atoms. The van der Waals surface area contributed by atoms with Crippen molar-refractivity contribution < 1.29 is 18.0 Å². The lowest BCUT2D eigenvalue weighted by Gasteiger charge is -2.33. The number of alkyl halides is 3. The number of hydrogen-bond acceptors (Lipinski definition) is 4. The van der Waals surface area contributed by atoms with E-state index >= 15 is 0 Å². The zero-order chi connectivity index (χ0) is 18.3. The van der Waals surface area contributed by atoms with Crippen LogP contribution < -0.4 is 0 Å². The predicted molar refractivity (Wildman–Crippen MR) is 88.4 cm³/mol. The zero-order valence-corrected chi connectivity index (χ0v) is 13.8. The van der Waals surface area contributed by atoms with Gasteiger partial charge >= 0.3 is 6.18 Å². The van der Waals surface area contributed by atoms with Crippen molar-refractivity contribution in [1.29, 1.82) is 0 Å². The summed E-state index contributed by atoms with van der Waals surface area (Å²) in [6.07, 6.45) is -1.13. The van der Waals surface area contributed by atoms with E-state index in [0.717, 1.165) is 22.9 Å². The van der Waals surface area contributed by atoms with Crippen LogP contribution in [0.4, 0.5) is 13.2 Å². The number of carbonyl (C=O) groups is 1. The minimum atomic E-state index is -4.49. The Morgan fingerprint density at radius 3 is 2.96 bits per heavy atom. The molecule has 0 aromatic carbocycles. The van der Waals surface area contributed by atoms with Gasteiger partial charge in [-0.15, -0.1) is 10.2 Å². The average molecular weight is 363 g/mol. The van der Waals surface area contributed by atoms with Crippen LogP contribution in [0.3, 0.4) is 0 Å². The van der Waals surface area contributed by atoms with Crippen LogP contribution in [0.1, 0.15) is 30.9 Å². The standard InChI is InChI=1S/C17H16F3N5O/c18-17(19,20)8-13(26)25-7-1-2-10(9-25)15-14-11-3-5-22-16(11)24-23-12(14)4-6-21-15/h3-6,10H,1-2,7-9H2,(H,22,24). The fourth-order valence-corrected chi connectivity index (χ4v) is 3.60. The number of fused-ring (bicyclic) bond motifs is 3. The highest BCUT2D eigenvalue weighted by atomic mass is 19.4. The Morgan fingerprint density at radius 1 is 1.31 bits per heavy atom. The number of amides is 1. The normalized spacial score (nSPS) is 18.6. The number of nitrogens with zero attached hydrogens (tertiary/aromatic N) is 4. The summed E-state index contributed by atoms with van der Waals surface area (Å²) in [5, 5.41) is 10.0. The van der Waals surface area contributed by atoms with Gasteiger partial charge in [0.15, 0.2) is 5.65 Å². The molecule has 1 aliphatic heterocycles. The van der Waals surface area contributed by atoms with Crippen LogP contribution in [0.25, 0.3) is 21.9 Å². The number of pyridine rings is 1. The van der Waals surface area contributed by atoms with E-state index in [1.807, 2.05) is 6.07 Å². The number of likely N-dealkylation sites (tertiary alicyclic amines) is 1. The molecule has 6 nitrogen and oxygen atoms in total. The fourth-order valence-electron chi connectivity index (χ4n) is 3.60. The second kappa shape index (κ2) is 6.22. The van der Waals surface area contributed by atoms with Gasteiger partial charge in [0.2, 0.25) is 5.91 Å². The number of aromatic amines is 1. The maximum absolute atomic E-state index is 12.5. The molecule has 1 saturated heterocycles. The lowest BCUT2D eigenvalue weighted by Crippen LogP contribution is -2.41. The topological polar surface area (TPSA) is 74.8 Å². The number of rotatable bonds is 2. The van der Waals surface area contributed by atoms with E-state index in [1.165, 1.54) is 4.90 Å². The average Bonchev–Trinajstić information content (AvgIpc) is 3.09. The van der Waals surface area contributed by atoms with Crippen LogP contribution in [0.15, 0.2) is 24.5 Å². The van der Waals surface area contributed by atoms with E-state index in [1.54, 1.807) is 18.5 Å². The molecule has 1 unspecified atom stereocenters. The Bertz CT molecular complexity index is 968. The van der Waals surface area contributed by atoms with Crippen LogP contribution in [0.2, 0.25) is 0 Å². The zero-order valence-electron chi connectivity index (χ0n) is 13.8. The first-order chi connectivity index (χ1) is 12.4. The summed E-state index contributed by atoms with van der Waals surface area (Å²) in [5.41, 5.74) is 2.07. The van der Waals surface area contributed by atoms with Crippen LogP contribution >= 0.6 is 0 Å². The first-order valence-corrected chi connectivity index (χ1v) is 8.35. The molecule has 4 rings (SSSR count). The van der Waals surface area contributed by atoms with Crippen molar-refractivity contribution in [1.82, 2.24) is 25.1 Å². The van der Waals surface area contributed by atoms with E-state index in [9.17, 15) is 18.0 Å². The molecule has 1 atom stereocenters. The molecule has 3 aromatic heterocycles. The van der Waals surface area contributed by atoms with Gasteiger partial charge in [-0.05, 0) is 25.0 Å². The van der Waals surface area contributed by atoms with Crippen LogP contribution in [-0.4, -0.2) is 50.2 Å². The monoisotopic (exact) mass is 363 g/mol. The van der Waals surface area contributed by atoms with E-state index in [-0.39, 0.29) is 12.5 Å². The number of aromatic nitrogens is 4. The number of nitrogens with one attached hydrogen (secondary N) is 1. The van der Waals surface area contributed by atoms with Crippen LogP contribution in [0.5, 0.6) is 0 Å². The highest BCUT2D eigenvalue weighted by molar-refractivity contribution is 6.04. The molecule has 4 heterocycles. The minimum Gasteiger partial charge on any atom is -0.345 e. The lowest BCUT2D eigenvalue weighted by atomic mass is 9.91. The molecule has 1 amide bonds. The Morgan fingerprint density at radius 2 is 2.15 bits per heavy atom. The Kier molecular flexibility index (Phi) is 4.01. The van der Waals surface area contributed by atoms with Crippen LogP contribution in [0, 0.1) is 0 Å². The second-order valence-corrected chi connectivity index (χ2v) is 6.50. The number of carbonyl (C=O) groups excluding carboxylic acids is 1.